The normalized spacial score (nSPS) is 16.0. The fourth-order valence-corrected chi connectivity index (χ4v) is 2.19. The predicted octanol–water partition coefficient (Wildman–Crippen LogP) is 2.73. The third kappa shape index (κ3) is 3.95. The van der Waals surface area contributed by atoms with E-state index in [9.17, 15) is 4.79 Å². The van der Waals surface area contributed by atoms with Gasteiger partial charge < -0.3 is 9.47 Å². The van der Waals surface area contributed by atoms with Crippen LogP contribution in [0.4, 0.5) is 10.5 Å². The van der Waals surface area contributed by atoms with Crippen LogP contribution in [0.25, 0.3) is 0 Å². The molecule has 0 aliphatic carbocycles. The van der Waals surface area contributed by atoms with Crippen molar-refractivity contribution in [3.05, 3.63) is 61.1 Å². The van der Waals surface area contributed by atoms with Gasteiger partial charge in [0, 0.05) is 18.6 Å². The Morgan fingerprint density at radius 2 is 2.04 bits per heavy atom. The van der Waals surface area contributed by atoms with Gasteiger partial charge in [0.15, 0.2) is 0 Å². The van der Waals surface area contributed by atoms with E-state index < -0.39 is 6.09 Å². The number of nitrogens with one attached hydrogen (secondary N) is 1. The van der Waals surface area contributed by atoms with Gasteiger partial charge in [-0.3, -0.25) is 15.3 Å². The number of amides is 1. The Bertz CT molecular complexity index is 707. The lowest BCUT2D eigenvalue weighted by Crippen LogP contribution is -2.35. The molecule has 0 fully saturated rings. The summed E-state index contributed by atoms with van der Waals surface area (Å²) >= 11 is 0. The molecule has 1 aromatic rings. The molecular formula is C17H18N4O3. The summed E-state index contributed by atoms with van der Waals surface area (Å²) in [5, 5.41) is 1.97. The lowest BCUT2D eigenvalue weighted by atomic mass is 10.3. The largest absolute Gasteiger partial charge is 0.452 e. The molecule has 1 N–H and O–H groups in total. The minimum atomic E-state index is -0.453. The highest BCUT2D eigenvalue weighted by Crippen LogP contribution is 2.18. The Kier molecular flexibility index (Phi) is 4.81. The fourth-order valence-electron chi connectivity index (χ4n) is 2.19. The van der Waals surface area contributed by atoms with Gasteiger partial charge in [-0.1, -0.05) is 12.2 Å². The van der Waals surface area contributed by atoms with Crippen molar-refractivity contribution in [2.45, 2.75) is 0 Å². The molecule has 0 bridgehead atoms. The van der Waals surface area contributed by atoms with Crippen LogP contribution in [0.3, 0.4) is 0 Å². The third-order valence-corrected chi connectivity index (χ3v) is 3.36. The molecule has 2 heterocycles. The minimum absolute atomic E-state index is 0.230. The summed E-state index contributed by atoms with van der Waals surface area (Å²) in [6.45, 7) is 1.04. The highest BCUT2D eigenvalue weighted by atomic mass is 16.5. The van der Waals surface area contributed by atoms with Gasteiger partial charge in [0.25, 0.3) is 0 Å². The monoisotopic (exact) mass is 326 g/mol. The van der Waals surface area contributed by atoms with Crippen molar-refractivity contribution in [2.24, 2.45) is 4.99 Å². The summed E-state index contributed by atoms with van der Waals surface area (Å²) in [6, 6.07) is 7.52. The second-order valence-electron chi connectivity index (χ2n) is 5.08. The molecule has 0 radical (unpaired) electrons. The van der Waals surface area contributed by atoms with Gasteiger partial charge >= 0.3 is 6.09 Å². The molecule has 1 amide bonds. The second-order valence-corrected chi connectivity index (χ2v) is 5.08. The van der Waals surface area contributed by atoms with E-state index in [1.807, 2.05) is 47.6 Å². The maximum atomic E-state index is 11.5. The van der Waals surface area contributed by atoms with Crippen molar-refractivity contribution < 1.29 is 14.3 Å². The Labute approximate surface area is 140 Å². The third-order valence-electron chi connectivity index (χ3n) is 3.36. The molecule has 24 heavy (non-hydrogen) atoms. The Balaban J connectivity index is 1.57. The van der Waals surface area contributed by atoms with Gasteiger partial charge in [0.05, 0.1) is 19.3 Å². The summed E-state index contributed by atoms with van der Waals surface area (Å²) in [5.74, 6) is 1.07. The van der Waals surface area contributed by atoms with Gasteiger partial charge in [0.2, 0.25) is 5.90 Å². The van der Waals surface area contributed by atoms with Gasteiger partial charge in [-0.15, -0.1) is 0 Å². The van der Waals surface area contributed by atoms with Crippen LogP contribution in [-0.2, 0) is 4.74 Å². The van der Waals surface area contributed by atoms with E-state index in [4.69, 9.17) is 4.74 Å². The molecule has 124 valence electrons. The van der Waals surface area contributed by atoms with Crippen molar-refractivity contribution in [3.8, 4) is 5.75 Å². The highest BCUT2D eigenvalue weighted by Gasteiger charge is 2.17. The number of rotatable bonds is 3. The number of ether oxygens (including phenoxy) is 2. The number of hydrazine groups is 1. The van der Waals surface area contributed by atoms with E-state index in [2.05, 4.69) is 21.2 Å². The molecule has 0 unspecified atom stereocenters. The summed E-state index contributed by atoms with van der Waals surface area (Å²) in [6.07, 6.45) is 10.6. The number of nitrogens with zero attached hydrogens (tertiary/aromatic N) is 3. The number of carbonyl (C=O) groups is 1. The zero-order valence-electron chi connectivity index (χ0n) is 13.3. The van der Waals surface area contributed by atoms with Crippen molar-refractivity contribution in [1.82, 2.24) is 9.91 Å². The molecular weight excluding hydrogens is 308 g/mol. The SMILES string of the molecule is COC(=O)N1C=CN=C(Oc2ccc(NN3C=CC=CC3)cc2)C1. The van der Waals surface area contributed by atoms with Gasteiger partial charge in [-0.05, 0) is 30.3 Å². The van der Waals surface area contributed by atoms with Crippen molar-refractivity contribution in [1.29, 1.82) is 0 Å². The van der Waals surface area contributed by atoms with E-state index >= 15 is 0 Å². The maximum Gasteiger partial charge on any atom is 0.414 e. The number of hydrogen-bond donors (Lipinski definition) is 1. The standard InChI is InChI=1S/C17H18N4O3/c1-23-17(22)20-12-9-18-16(13-20)24-15-7-5-14(6-8-15)19-21-10-3-2-4-11-21/h2-10,12,19H,11,13H2,1H3. The number of carbonyl (C=O) groups excluding carboxylic acids is 1. The fraction of sp³-hybridized carbons (Fsp3) is 0.176. The van der Waals surface area contributed by atoms with E-state index in [-0.39, 0.29) is 6.54 Å². The molecule has 2 aliphatic heterocycles. The first-order valence-electron chi connectivity index (χ1n) is 7.47. The summed E-state index contributed by atoms with van der Waals surface area (Å²) in [4.78, 5) is 17.0. The van der Waals surface area contributed by atoms with Crippen molar-refractivity contribution in [3.63, 3.8) is 0 Å². The Morgan fingerprint density at radius 3 is 2.75 bits per heavy atom. The van der Waals surface area contributed by atoms with E-state index in [1.54, 1.807) is 6.20 Å². The zero-order chi connectivity index (χ0) is 16.8. The lowest BCUT2D eigenvalue weighted by Gasteiger charge is -2.23. The van der Waals surface area contributed by atoms with E-state index in [1.165, 1.54) is 18.2 Å². The van der Waals surface area contributed by atoms with Crippen molar-refractivity contribution in [2.75, 3.05) is 25.6 Å². The average Bonchev–Trinajstić information content (AvgIpc) is 2.64. The van der Waals surface area contributed by atoms with Crippen LogP contribution in [0.15, 0.2) is 66.1 Å². The van der Waals surface area contributed by atoms with Crippen LogP contribution in [0, 0.1) is 0 Å². The molecule has 7 heteroatoms. The lowest BCUT2D eigenvalue weighted by molar-refractivity contribution is 0.143. The van der Waals surface area contributed by atoms with Gasteiger partial charge in [-0.25, -0.2) is 9.79 Å². The molecule has 7 nitrogen and oxygen atoms in total. The first kappa shape index (κ1) is 15.7. The molecule has 1 aromatic carbocycles. The number of benzene rings is 1. The molecule has 0 atom stereocenters. The Morgan fingerprint density at radius 1 is 1.21 bits per heavy atom. The second kappa shape index (κ2) is 7.36. The van der Waals surface area contributed by atoms with Crippen LogP contribution >= 0.6 is 0 Å². The van der Waals surface area contributed by atoms with E-state index in [0.717, 1.165) is 12.2 Å². The molecule has 3 rings (SSSR count). The number of aliphatic imine (C=N–C) groups is 1. The summed E-state index contributed by atoms with van der Waals surface area (Å²) in [7, 11) is 1.33. The molecule has 0 saturated carbocycles. The summed E-state index contributed by atoms with van der Waals surface area (Å²) < 4.78 is 10.4. The topological polar surface area (TPSA) is 66.4 Å². The Hall–Kier alpha value is -3.22. The molecule has 0 spiro atoms. The smallest absolute Gasteiger partial charge is 0.414 e. The molecule has 0 saturated heterocycles. The van der Waals surface area contributed by atoms with E-state index in [0.29, 0.717) is 11.6 Å². The van der Waals surface area contributed by atoms with Gasteiger partial charge in [-0.2, -0.15) is 0 Å². The number of hydrogen-bond acceptors (Lipinski definition) is 6. The first-order chi connectivity index (χ1) is 11.7. The van der Waals surface area contributed by atoms with Crippen LogP contribution in [0.1, 0.15) is 0 Å². The van der Waals surface area contributed by atoms with Crippen LogP contribution in [0.2, 0.25) is 0 Å². The van der Waals surface area contributed by atoms with Crippen molar-refractivity contribution >= 4 is 17.7 Å². The number of anilines is 1. The van der Waals surface area contributed by atoms with Crippen LogP contribution in [-0.4, -0.2) is 42.1 Å². The van der Waals surface area contributed by atoms with Crippen LogP contribution in [0.5, 0.6) is 5.75 Å². The average molecular weight is 326 g/mol. The summed E-state index contributed by atoms with van der Waals surface area (Å²) in [5.41, 5.74) is 4.22. The predicted molar refractivity (Wildman–Crippen MR) is 91.4 cm³/mol. The molecule has 0 aromatic heterocycles. The number of allylic oxidation sites excluding steroid dienone is 2. The highest BCUT2D eigenvalue weighted by molar-refractivity contribution is 5.86. The van der Waals surface area contributed by atoms with Crippen LogP contribution < -0.4 is 10.2 Å². The number of methoxy groups -OCH3 is 1. The quantitative estimate of drug-likeness (QED) is 0.925. The minimum Gasteiger partial charge on any atom is -0.452 e. The first-order valence-corrected chi connectivity index (χ1v) is 7.47. The maximum absolute atomic E-state index is 11.5. The zero-order valence-corrected chi connectivity index (χ0v) is 13.3. The van der Waals surface area contributed by atoms with Gasteiger partial charge in [0.1, 0.15) is 12.3 Å². The molecule has 2 aliphatic rings.